The van der Waals surface area contributed by atoms with Gasteiger partial charge in [-0.3, -0.25) is 4.79 Å². The van der Waals surface area contributed by atoms with E-state index >= 15 is 0 Å². The van der Waals surface area contributed by atoms with E-state index in [1.54, 1.807) is 0 Å². The largest absolute Gasteiger partial charge is 0.480 e. The number of carboxylic acid groups (broad SMARTS) is 1. The number of nitrogens with one attached hydrogen (secondary N) is 1. The Labute approximate surface area is 90.2 Å². The number of rotatable bonds is 5. The molecule has 0 rings (SSSR count). The molecular weight excluding hydrogens is 229 g/mol. The SMILES string of the molecule is CC(C(=O)O)N(C)C(=O)CNCC(F)(F)F. The molecule has 16 heavy (non-hydrogen) atoms. The molecule has 1 amide bonds. The summed E-state index contributed by atoms with van der Waals surface area (Å²) in [5.74, 6) is -1.93. The van der Waals surface area contributed by atoms with E-state index in [0.717, 1.165) is 4.90 Å². The van der Waals surface area contributed by atoms with Gasteiger partial charge in [0.1, 0.15) is 6.04 Å². The van der Waals surface area contributed by atoms with E-state index in [9.17, 15) is 22.8 Å². The number of halogens is 3. The van der Waals surface area contributed by atoms with Crippen LogP contribution in [0.1, 0.15) is 6.92 Å². The highest BCUT2D eigenvalue weighted by Gasteiger charge is 2.27. The van der Waals surface area contributed by atoms with Crippen molar-refractivity contribution in [3.8, 4) is 0 Å². The molecule has 0 radical (unpaired) electrons. The quantitative estimate of drug-likeness (QED) is 0.715. The third-order valence-corrected chi connectivity index (χ3v) is 1.93. The molecule has 0 aliphatic carbocycles. The second-order valence-corrected chi connectivity index (χ2v) is 3.24. The van der Waals surface area contributed by atoms with E-state index in [2.05, 4.69) is 0 Å². The maximum Gasteiger partial charge on any atom is 0.401 e. The predicted octanol–water partition coefficient (Wildman–Crippen LogP) is 0.0698. The van der Waals surface area contributed by atoms with Gasteiger partial charge in [-0.2, -0.15) is 13.2 Å². The zero-order chi connectivity index (χ0) is 12.9. The standard InChI is InChI=1S/C8H13F3N2O3/c1-5(7(15)16)13(2)6(14)3-12-4-8(9,10)11/h5,12H,3-4H2,1-2H3,(H,15,16). The van der Waals surface area contributed by atoms with E-state index in [1.807, 2.05) is 5.32 Å². The molecule has 0 fully saturated rings. The van der Waals surface area contributed by atoms with Gasteiger partial charge in [-0.05, 0) is 6.92 Å². The number of aliphatic carboxylic acids is 1. The van der Waals surface area contributed by atoms with Crippen LogP contribution in [0, 0.1) is 0 Å². The Morgan fingerprint density at radius 2 is 1.94 bits per heavy atom. The number of carbonyl (C=O) groups excluding carboxylic acids is 1. The number of amides is 1. The Hall–Kier alpha value is -1.31. The van der Waals surface area contributed by atoms with Crippen molar-refractivity contribution in [1.29, 1.82) is 0 Å². The van der Waals surface area contributed by atoms with Crippen molar-refractivity contribution in [2.45, 2.75) is 19.1 Å². The molecule has 5 nitrogen and oxygen atoms in total. The van der Waals surface area contributed by atoms with Crippen molar-refractivity contribution in [1.82, 2.24) is 10.2 Å². The Morgan fingerprint density at radius 1 is 1.44 bits per heavy atom. The normalized spacial score (nSPS) is 13.3. The van der Waals surface area contributed by atoms with Crippen LogP contribution in [0.25, 0.3) is 0 Å². The summed E-state index contributed by atoms with van der Waals surface area (Å²) in [4.78, 5) is 22.6. The van der Waals surface area contributed by atoms with Gasteiger partial charge in [0.15, 0.2) is 0 Å². The summed E-state index contributed by atoms with van der Waals surface area (Å²) < 4.78 is 35.1. The molecular formula is C8H13F3N2O3. The van der Waals surface area contributed by atoms with Crippen LogP contribution in [0.3, 0.4) is 0 Å². The summed E-state index contributed by atoms with van der Waals surface area (Å²) in [5.41, 5.74) is 0. The molecule has 1 unspecified atom stereocenters. The van der Waals surface area contributed by atoms with Gasteiger partial charge >= 0.3 is 12.1 Å². The molecule has 0 bridgehead atoms. The molecule has 0 aromatic carbocycles. The van der Waals surface area contributed by atoms with Crippen molar-refractivity contribution >= 4 is 11.9 Å². The topological polar surface area (TPSA) is 69.6 Å². The molecule has 0 spiro atoms. The van der Waals surface area contributed by atoms with Crippen LogP contribution in [-0.4, -0.2) is 54.2 Å². The Morgan fingerprint density at radius 3 is 2.31 bits per heavy atom. The van der Waals surface area contributed by atoms with Crippen LogP contribution in [0.15, 0.2) is 0 Å². The maximum atomic E-state index is 11.7. The van der Waals surface area contributed by atoms with Crippen molar-refractivity contribution in [2.24, 2.45) is 0 Å². The first kappa shape index (κ1) is 14.7. The van der Waals surface area contributed by atoms with E-state index in [-0.39, 0.29) is 0 Å². The number of likely N-dealkylation sites (N-methyl/N-ethyl adjacent to an activating group) is 1. The van der Waals surface area contributed by atoms with Crippen LogP contribution in [0.2, 0.25) is 0 Å². The smallest absolute Gasteiger partial charge is 0.401 e. The Bertz CT molecular complexity index is 268. The lowest BCUT2D eigenvalue weighted by Crippen LogP contribution is -2.45. The summed E-state index contributed by atoms with van der Waals surface area (Å²) in [6.45, 7) is -0.564. The minimum Gasteiger partial charge on any atom is -0.480 e. The summed E-state index contributed by atoms with van der Waals surface area (Å²) >= 11 is 0. The van der Waals surface area contributed by atoms with Crippen LogP contribution < -0.4 is 5.32 Å². The van der Waals surface area contributed by atoms with Gasteiger partial charge in [-0.15, -0.1) is 0 Å². The number of carbonyl (C=O) groups is 2. The van der Waals surface area contributed by atoms with Crippen LogP contribution in [-0.2, 0) is 9.59 Å². The van der Waals surface area contributed by atoms with E-state index in [0.29, 0.717) is 0 Å². The van der Waals surface area contributed by atoms with Gasteiger partial charge in [-0.25, -0.2) is 4.79 Å². The predicted molar refractivity (Wildman–Crippen MR) is 48.8 cm³/mol. The molecule has 94 valence electrons. The van der Waals surface area contributed by atoms with E-state index in [4.69, 9.17) is 5.11 Å². The lowest BCUT2D eigenvalue weighted by molar-refractivity contribution is -0.148. The molecule has 8 heteroatoms. The first-order valence-electron chi connectivity index (χ1n) is 4.41. The van der Waals surface area contributed by atoms with Crippen molar-refractivity contribution < 1.29 is 27.9 Å². The van der Waals surface area contributed by atoms with Gasteiger partial charge < -0.3 is 15.3 Å². The first-order chi connectivity index (χ1) is 7.15. The van der Waals surface area contributed by atoms with Gasteiger partial charge in [0.2, 0.25) is 5.91 Å². The first-order valence-corrected chi connectivity index (χ1v) is 4.41. The maximum absolute atomic E-state index is 11.7. The highest BCUT2D eigenvalue weighted by atomic mass is 19.4. The zero-order valence-electron chi connectivity index (χ0n) is 8.84. The van der Waals surface area contributed by atoms with Gasteiger partial charge in [0.25, 0.3) is 0 Å². The number of hydrogen-bond donors (Lipinski definition) is 2. The van der Waals surface area contributed by atoms with Crippen LogP contribution >= 0.6 is 0 Å². The molecule has 0 heterocycles. The number of alkyl halides is 3. The number of hydrogen-bond acceptors (Lipinski definition) is 3. The summed E-state index contributed by atoms with van der Waals surface area (Å²) in [5, 5.41) is 10.5. The molecule has 2 N–H and O–H groups in total. The molecule has 0 aromatic heterocycles. The second-order valence-electron chi connectivity index (χ2n) is 3.24. The molecule has 0 saturated carbocycles. The van der Waals surface area contributed by atoms with Gasteiger partial charge in [0.05, 0.1) is 13.1 Å². The Balaban J connectivity index is 4.03. The summed E-state index contributed by atoms with van der Waals surface area (Å²) in [6.07, 6.45) is -4.39. The second kappa shape index (κ2) is 5.69. The summed E-state index contributed by atoms with van der Waals surface area (Å²) in [7, 11) is 1.22. The monoisotopic (exact) mass is 242 g/mol. The average Bonchev–Trinajstić information content (AvgIpc) is 2.13. The molecule has 0 saturated heterocycles. The fourth-order valence-corrected chi connectivity index (χ4v) is 0.818. The van der Waals surface area contributed by atoms with Gasteiger partial charge in [0, 0.05) is 7.05 Å². The molecule has 0 aromatic rings. The fourth-order valence-electron chi connectivity index (χ4n) is 0.818. The molecule has 0 aliphatic heterocycles. The highest BCUT2D eigenvalue weighted by molar-refractivity contribution is 5.84. The third kappa shape index (κ3) is 5.54. The van der Waals surface area contributed by atoms with Crippen molar-refractivity contribution in [3.05, 3.63) is 0 Å². The van der Waals surface area contributed by atoms with Crippen LogP contribution in [0.4, 0.5) is 13.2 Å². The zero-order valence-corrected chi connectivity index (χ0v) is 8.84. The average molecular weight is 242 g/mol. The Kier molecular flexibility index (Phi) is 5.22. The third-order valence-electron chi connectivity index (χ3n) is 1.93. The fraction of sp³-hybridized carbons (Fsp3) is 0.750. The van der Waals surface area contributed by atoms with E-state index in [1.165, 1.54) is 14.0 Å². The van der Waals surface area contributed by atoms with Crippen molar-refractivity contribution in [2.75, 3.05) is 20.1 Å². The molecule has 0 aliphatic rings. The number of nitrogens with zero attached hydrogens (tertiary/aromatic N) is 1. The minimum absolute atomic E-state index is 0.548. The lowest BCUT2D eigenvalue weighted by atomic mass is 10.3. The van der Waals surface area contributed by atoms with Crippen molar-refractivity contribution in [3.63, 3.8) is 0 Å². The molecule has 1 atom stereocenters. The van der Waals surface area contributed by atoms with Crippen LogP contribution in [0.5, 0.6) is 0 Å². The van der Waals surface area contributed by atoms with Gasteiger partial charge in [-0.1, -0.05) is 0 Å². The van der Waals surface area contributed by atoms with E-state index < -0.39 is 37.2 Å². The lowest BCUT2D eigenvalue weighted by Gasteiger charge is -2.21. The highest BCUT2D eigenvalue weighted by Crippen LogP contribution is 2.11. The minimum atomic E-state index is -4.39. The number of carboxylic acids is 1. The summed E-state index contributed by atoms with van der Waals surface area (Å²) in [6, 6.07) is -1.07.